The first-order valence-corrected chi connectivity index (χ1v) is 10.4. The van der Waals surface area contributed by atoms with E-state index in [1.165, 1.54) is 17.0 Å². The van der Waals surface area contributed by atoms with Gasteiger partial charge >= 0.3 is 6.03 Å². The molecule has 0 spiro atoms. The van der Waals surface area contributed by atoms with Gasteiger partial charge in [0.15, 0.2) is 5.13 Å². The number of amides is 2. The Hall–Kier alpha value is -2.93. The minimum atomic E-state index is -0.221. The molecule has 0 saturated carbocycles. The van der Waals surface area contributed by atoms with Crippen LogP contribution >= 0.6 is 11.3 Å². The highest BCUT2D eigenvalue weighted by atomic mass is 32.1. The zero-order chi connectivity index (χ0) is 19.2. The summed E-state index contributed by atoms with van der Waals surface area (Å²) in [7, 11) is 0. The van der Waals surface area contributed by atoms with Gasteiger partial charge in [0.1, 0.15) is 0 Å². The summed E-state index contributed by atoms with van der Waals surface area (Å²) in [6.45, 7) is 1.60. The van der Waals surface area contributed by atoms with Gasteiger partial charge in [0.2, 0.25) is 0 Å². The molecule has 1 saturated heterocycles. The maximum absolute atomic E-state index is 12.1. The van der Waals surface area contributed by atoms with E-state index in [4.69, 9.17) is 0 Å². The van der Waals surface area contributed by atoms with Crippen LogP contribution < -0.4 is 15.5 Å². The molecule has 6 nitrogen and oxygen atoms in total. The summed E-state index contributed by atoms with van der Waals surface area (Å²) < 4.78 is 0. The van der Waals surface area contributed by atoms with Crippen LogP contribution in [0.25, 0.3) is 0 Å². The van der Waals surface area contributed by atoms with E-state index >= 15 is 0 Å². The van der Waals surface area contributed by atoms with Crippen LogP contribution in [0, 0.1) is 0 Å². The highest BCUT2D eigenvalue weighted by Crippen LogP contribution is 2.36. The molecular formula is C21H23N5OS. The molecule has 1 aliphatic rings. The van der Waals surface area contributed by atoms with E-state index in [1.807, 2.05) is 18.2 Å². The van der Waals surface area contributed by atoms with Crippen molar-refractivity contribution in [2.45, 2.75) is 25.3 Å². The number of para-hydroxylation sites is 1. The van der Waals surface area contributed by atoms with Gasteiger partial charge in [-0.2, -0.15) is 0 Å². The third-order valence-corrected chi connectivity index (χ3v) is 5.65. The van der Waals surface area contributed by atoms with Crippen LogP contribution in [0.2, 0.25) is 0 Å². The van der Waals surface area contributed by atoms with Crippen molar-refractivity contribution in [2.75, 3.05) is 23.3 Å². The van der Waals surface area contributed by atoms with Gasteiger partial charge in [-0.1, -0.05) is 18.2 Å². The van der Waals surface area contributed by atoms with E-state index in [1.54, 1.807) is 12.4 Å². The molecule has 4 rings (SSSR count). The zero-order valence-corrected chi connectivity index (χ0v) is 16.4. The van der Waals surface area contributed by atoms with E-state index in [-0.39, 0.29) is 12.1 Å². The first-order chi connectivity index (χ1) is 13.8. The van der Waals surface area contributed by atoms with E-state index in [9.17, 15) is 4.79 Å². The Morgan fingerprint density at radius 2 is 2.00 bits per heavy atom. The molecule has 28 heavy (non-hydrogen) atoms. The van der Waals surface area contributed by atoms with Crippen molar-refractivity contribution in [2.24, 2.45) is 0 Å². The fourth-order valence-corrected chi connectivity index (χ4v) is 4.26. The number of anilines is 2. The molecule has 2 amide bonds. The molecule has 1 fully saturated rings. The molecule has 2 aromatic heterocycles. The minimum absolute atomic E-state index is 0.221. The van der Waals surface area contributed by atoms with Crippen molar-refractivity contribution in [1.29, 1.82) is 0 Å². The Balaban J connectivity index is 1.32. The van der Waals surface area contributed by atoms with Gasteiger partial charge < -0.3 is 10.2 Å². The fourth-order valence-electron chi connectivity index (χ4n) is 3.51. The summed E-state index contributed by atoms with van der Waals surface area (Å²) in [6.07, 6.45) is 6.52. The molecule has 0 aliphatic carbocycles. The van der Waals surface area contributed by atoms with Gasteiger partial charge in [-0.3, -0.25) is 10.3 Å². The van der Waals surface area contributed by atoms with E-state index in [0.29, 0.717) is 11.7 Å². The molecule has 1 aromatic carbocycles. The van der Waals surface area contributed by atoms with Crippen molar-refractivity contribution >= 4 is 28.2 Å². The Kier molecular flexibility index (Phi) is 5.82. The van der Waals surface area contributed by atoms with Crippen LogP contribution in [0.4, 0.5) is 15.6 Å². The van der Waals surface area contributed by atoms with Crippen molar-refractivity contribution in [1.82, 2.24) is 15.3 Å². The quantitative estimate of drug-likeness (QED) is 0.657. The summed E-state index contributed by atoms with van der Waals surface area (Å²) in [5.41, 5.74) is 3.40. The molecule has 3 aromatic rings. The number of thiazole rings is 1. The van der Waals surface area contributed by atoms with Crippen LogP contribution in [0.3, 0.4) is 0 Å². The Labute approximate surface area is 168 Å². The van der Waals surface area contributed by atoms with Crippen LogP contribution in [-0.4, -0.2) is 29.1 Å². The number of nitrogens with zero attached hydrogens (tertiary/aromatic N) is 3. The second-order valence-electron chi connectivity index (χ2n) is 6.75. The van der Waals surface area contributed by atoms with Crippen molar-refractivity contribution < 1.29 is 4.79 Å². The molecule has 0 radical (unpaired) electrons. The monoisotopic (exact) mass is 393 g/mol. The maximum atomic E-state index is 12.1. The summed E-state index contributed by atoms with van der Waals surface area (Å²) in [5, 5.41) is 8.42. The van der Waals surface area contributed by atoms with Gasteiger partial charge in [-0.25, -0.2) is 9.78 Å². The predicted octanol–water partition coefficient (Wildman–Crippen LogP) is 4.24. The summed E-state index contributed by atoms with van der Waals surface area (Å²) >= 11 is 1.47. The maximum Gasteiger partial charge on any atom is 0.321 e. The molecule has 144 valence electrons. The molecule has 2 N–H and O–H groups in total. The largest absolute Gasteiger partial charge is 0.363 e. The summed E-state index contributed by atoms with van der Waals surface area (Å²) in [4.78, 5) is 23.2. The van der Waals surface area contributed by atoms with Crippen LogP contribution in [0.15, 0.2) is 60.2 Å². The molecule has 0 bridgehead atoms. The van der Waals surface area contributed by atoms with E-state index in [2.05, 4.69) is 55.1 Å². The molecule has 1 aliphatic heterocycles. The highest BCUT2D eigenvalue weighted by molar-refractivity contribution is 7.13. The number of urea groups is 1. The van der Waals surface area contributed by atoms with Gasteiger partial charge in [0, 0.05) is 36.6 Å². The second-order valence-corrected chi connectivity index (χ2v) is 7.61. The third-order valence-electron chi connectivity index (χ3n) is 4.87. The average Bonchev–Trinajstić information content (AvgIpc) is 3.39. The van der Waals surface area contributed by atoms with Gasteiger partial charge in [0.05, 0.1) is 11.7 Å². The molecule has 3 heterocycles. The van der Waals surface area contributed by atoms with Crippen molar-refractivity contribution in [3.8, 4) is 0 Å². The lowest BCUT2D eigenvalue weighted by atomic mass is 10.1. The molecule has 1 atom stereocenters. The summed E-state index contributed by atoms with van der Waals surface area (Å²) in [5.74, 6) is 0. The zero-order valence-electron chi connectivity index (χ0n) is 15.5. The lowest BCUT2D eigenvalue weighted by Gasteiger charge is -2.25. The van der Waals surface area contributed by atoms with Crippen LogP contribution in [0.1, 0.15) is 30.1 Å². The number of benzene rings is 1. The molecule has 1 unspecified atom stereocenters. The topological polar surface area (TPSA) is 70.1 Å². The lowest BCUT2D eigenvalue weighted by molar-refractivity contribution is 0.252. The number of hydrogen-bond donors (Lipinski definition) is 2. The minimum Gasteiger partial charge on any atom is -0.363 e. The van der Waals surface area contributed by atoms with Crippen LogP contribution in [-0.2, 0) is 6.42 Å². The Morgan fingerprint density at radius 1 is 1.18 bits per heavy atom. The number of carbonyl (C=O) groups excluding carboxylic acids is 1. The number of carbonyl (C=O) groups is 1. The second kappa shape index (κ2) is 8.84. The van der Waals surface area contributed by atoms with Crippen molar-refractivity contribution in [3.63, 3.8) is 0 Å². The Morgan fingerprint density at radius 3 is 2.82 bits per heavy atom. The first-order valence-electron chi connectivity index (χ1n) is 9.50. The predicted molar refractivity (Wildman–Crippen MR) is 113 cm³/mol. The van der Waals surface area contributed by atoms with Crippen LogP contribution in [0.5, 0.6) is 0 Å². The number of hydrogen-bond acceptors (Lipinski definition) is 5. The number of rotatable bonds is 6. The standard InChI is InChI=1S/C21H23N5OS/c27-20(23-13-10-16-8-11-22-12-9-16)25-21-24-18(15-28-21)19-7-4-14-26(19)17-5-2-1-3-6-17/h1-3,5-6,8-9,11-12,15,19H,4,7,10,13-14H2,(H2,23,24,25,27). The normalized spacial score (nSPS) is 16.1. The summed E-state index contributed by atoms with van der Waals surface area (Å²) in [6, 6.07) is 14.4. The number of nitrogens with one attached hydrogen (secondary N) is 2. The number of aromatic nitrogens is 2. The SMILES string of the molecule is O=C(NCCc1ccncc1)Nc1nc(C2CCCN2c2ccccc2)cs1. The number of pyridine rings is 1. The van der Waals surface area contributed by atoms with E-state index < -0.39 is 0 Å². The highest BCUT2D eigenvalue weighted by Gasteiger charge is 2.28. The smallest absolute Gasteiger partial charge is 0.321 e. The molecular weight excluding hydrogens is 370 g/mol. The van der Waals surface area contributed by atoms with Crippen molar-refractivity contribution in [3.05, 3.63) is 71.5 Å². The van der Waals surface area contributed by atoms with Gasteiger partial charge in [0.25, 0.3) is 0 Å². The first kappa shape index (κ1) is 18.4. The van der Waals surface area contributed by atoms with E-state index in [0.717, 1.165) is 37.1 Å². The molecule has 7 heteroatoms. The van der Waals surface area contributed by atoms with Gasteiger partial charge in [-0.05, 0) is 49.1 Å². The Bertz CT molecular complexity index is 899. The average molecular weight is 394 g/mol. The fraction of sp³-hybridized carbons (Fsp3) is 0.286. The lowest BCUT2D eigenvalue weighted by Crippen LogP contribution is -2.30. The third kappa shape index (κ3) is 4.48. The van der Waals surface area contributed by atoms with Gasteiger partial charge in [-0.15, -0.1) is 11.3 Å².